The summed E-state index contributed by atoms with van der Waals surface area (Å²) >= 11 is 0. The van der Waals surface area contributed by atoms with Crippen molar-refractivity contribution in [1.29, 1.82) is 0 Å². The van der Waals surface area contributed by atoms with Gasteiger partial charge in [-0.15, -0.1) is 0 Å². The number of methoxy groups -OCH3 is 1. The summed E-state index contributed by atoms with van der Waals surface area (Å²) in [6.45, 7) is 0.716. The Balaban J connectivity index is 1.34. The van der Waals surface area contributed by atoms with Crippen LogP contribution in [0.4, 0.5) is 0 Å². The van der Waals surface area contributed by atoms with Crippen LogP contribution in [0.3, 0.4) is 0 Å². The van der Waals surface area contributed by atoms with E-state index < -0.39 is 0 Å². The molecule has 0 aliphatic heterocycles. The molecule has 4 rings (SSSR count). The number of carbonyl (C=O) groups is 1. The number of rotatable bonds is 4. The Morgan fingerprint density at radius 3 is 2.84 bits per heavy atom. The highest BCUT2D eigenvalue weighted by atomic mass is 16.5. The smallest absolute Gasteiger partial charge is 0.341 e. The highest BCUT2D eigenvalue weighted by Crippen LogP contribution is 2.65. The SMILES string of the molecule is COC(=O)c1coc(CNC2C3C4CCC(C4)C23)c1. The third kappa shape index (κ3) is 1.73. The minimum atomic E-state index is -0.337. The zero-order valence-electron chi connectivity index (χ0n) is 11.1. The number of esters is 1. The number of hydrogen-bond acceptors (Lipinski definition) is 4. The molecule has 2 bridgehead atoms. The molecule has 102 valence electrons. The summed E-state index contributed by atoms with van der Waals surface area (Å²) in [7, 11) is 1.38. The molecule has 1 heterocycles. The van der Waals surface area contributed by atoms with Gasteiger partial charge in [0.25, 0.3) is 0 Å². The van der Waals surface area contributed by atoms with Crippen LogP contribution >= 0.6 is 0 Å². The van der Waals surface area contributed by atoms with Crippen LogP contribution in [0.1, 0.15) is 35.4 Å². The van der Waals surface area contributed by atoms with Gasteiger partial charge in [-0.05, 0) is 49.0 Å². The second-order valence-corrected chi connectivity index (χ2v) is 6.19. The number of carbonyl (C=O) groups excluding carboxylic acids is 1. The predicted molar refractivity (Wildman–Crippen MR) is 68.5 cm³/mol. The van der Waals surface area contributed by atoms with Gasteiger partial charge in [0.15, 0.2) is 0 Å². The second-order valence-electron chi connectivity index (χ2n) is 6.19. The molecule has 0 radical (unpaired) electrons. The summed E-state index contributed by atoms with van der Waals surface area (Å²) in [5.74, 6) is 4.29. The molecule has 0 amide bonds. The zero-order chi connectivity index (χ0) is 13.0. The number of furan rings is 1. The maximum absolute atomic E-state index is 11.3. The fraction of sp³-hybridized carbons (Fsp3) is 0.667. The van der Waals surface area contributed by atoms with Crippen LogP contribution in [-0.4, -0.2) is 19.1 Å². The average Bonchev–Trinajstić information content (AvgIpc) is 2.85. The van der Waals surface area contributed by atoms with Gasteiger partial charge < -0.3 is 14.5 Å². The number of fused-ring (bicyclic) bond motifs is 5. The fourth-order valence-electron chi connectivity index (χ4n) is 4.51. The van der Waals surface area contributed by atoms with Crippen molar-refractivity contribution >= 4 is 5.97 Å². The van der Waals surface area contributed by atoms with E-state index in [1.54, 1.807) is 6.07 Å². The molecule has 3 aliphatic carbocycles. The van der Waals surface area contributed by atoms with Crippen molar-refractivity contribution in [2.45, 2.75) is 31.8 Å². The molecule has 4 nitrogen and oxygen atoms in total. The van der Waals surface area contributed by atoms with E-state index in [0.717, 1.165) is 29.4 Å². The molecule has 4 unspecified atom stereocenters. The van der Waals surface area contributed by atoms with Crippen molar-refractivity contribution in [1.82, 2.24) is 5.32 Å². The fourth-order valence-corrected chi connectivity index (χ4v) is 4.51. The van der Waals surface area contributed by atoms with E-state index in [-0.39, 0.29) is 5.97 Å². The van der Waals surface area contributed by atoms with Crippen molar-refractivity contribution in [3.05, 3.63) is 23.7 Å². The van der Waals surface area contributed by atoms with E-state index in [0.29, 0.717) is 18.2 Å². The Hall–Kier alpha value is -1.29. The normalized spacial score (nSPS) is 38.3. The van der Waals surface area contributed by atoms with E-state index in [9.17, 15) is 4.79 Å². The van der Waals surface area contributed by atoms with Crippen molar-refractivity contribution < 1.29 is 13.9 Å². The van der Waals surface area contributed by atoms with Crippen LogP contribution in [0.2, 0.25) is 0 Å². The first-order chi connectivity index (χ1) is 9.28. The zero-order valence-corrected chi connectivity index (χ0v) is 11.1. The minimum absolute atomic E-state index is 0.337. The van der Waals surface area contributed by atoms with Crippen LogP contribution in [-0.2, 0) is 11.3 Å². The highest BCUT2D eigenvalue weighted by molar-refractivity contribution is 5.88. The molecule has 1 aromatic heterocycles. The molecule has 3 saturated carbocycles. The summed E-state index contributed by atoms with van der Waals surface area (Å²) in [6.07, 6.45) is 5.83. The Labute approximate surface area is 112 Å². The predicted octanol–water partition coefficient (Wildman–Crippen LogP) is 2.20. The molecule has 1 aromatic rings. The van der Waals surface area contributed by atoms with Crippen LogP contribution in [0, 0.1) is 23.7 Å². The van der Waals surface area contributed by atoms with E-state index in [2.05, 4.69) is 10.1 Å². The van der Waals surface area contributed by atoms with Crippen LogP contribution in [0.5, 0.6) is 0 Å². The van der Waals surface area contributed by atoms with Gasteiger partial charge in [-0.1, -0.05) is 0 Å². The summed E-state index contributed by atoms with van der Waals surface area (Å²) in [5.41, 5.74) is 0.496. The molecule has 4 heteroatoms. The molecule has 0 saturated heterocycles. The first kappa shape index (κ1) is 11.5. The van der Waals surface area contributed by atoms with E-state index >= 15 is 0 Å². The topological polar surface area (TPSA) is 51.5 Å². The number of ether oxygens (including phenoxy) is 1. The molecule has 0 spiro atoms. The Kier molecular flexibility index (Phi) is 2.49. The van der Waals surface area contributed by atoms with Crippen molar-refractivity contribution in [2.24, 2.45) is 23.7 Å². The van der Waals surface area contributed by atoms with Crippen molar-refractivity contribution in [3.8, 4) is 0 Å². The quantitative estimate of drug-likeness (QED) is 0.844. The Morgan fingerprint density at radius 1 is 1.42 bits per heavy atom. The maximum Gasteiger partial charge on any atom is 0.341 e. The lowest BCUT2D eigenvalue weighted by Gasteiger charge is -2.09. The third-order valence-corrected chi connectivity index (χ3v) is 5.32. The molecule has 1 N–H and O–H groups in total. The van der Waals surface area contributed by atoms with E-state index in [1.165, 1.54) is 32.6 Å². The largest absolute Gasteiger partial charge is 0.467 e. The van der Waals surface area contributed by atoms with Crippen LogP contribution in [0.15, 0.2) is 16.7 Å². The summed E-state index contributed by atoms with van der Waals surface area (Å²) in [6, 6.07) is 2.46. The molecular weight excluding hydrogens is 242 g/mol. The summed E-state index contributed by atoms with van der Waals surface area (Å²) in [4.78, 5) is 11.3. The lowest BCUT2D eigenvalue weighted by atomic mass is 10.0. The first-order valence-electron chi connectivity index (χ1n) is 7.17. The number of hydrogen-bond donors (Lipinski definition) is 1. The lowest BCUT2D eigenvalue weighted by Crippen LogP contribution is -2.22. The monoisotopic (exact) mass is 261 g/mol. The van der Waals surface area contributed by atoms with Crippen LogP contribution in [0.25, 0.3) is 0 Å². The second kappa shape index (κ2) is 4.10. The Morgan fingerprint density at radius 2 is 2.16 bits per heavy atom. The Bertz CT molecular complexity index is 493. The number of nitrogens with one attached hydrogen (secondary N) is 1. The van der Waals surface area contributed by atoms with E-state index in [4.69, 9.17) is 4.42 Å². The third-order valence-electron chi connectivity index (χ3n) is 5.32. The van der Waals surface area contributed by atoms with Gasteiger partial charge in [0.05, 0.1) is 19.2 Å². The van der Waals surface area contributed by atoms with Crippen molar-refractivity contribution in [3.63, 3.8) is 0 Å². The molecular formula is C15H19NO3. The molecule has 19 heavy (non-hydrogen) atoms. The van der Waals surface area contributed by atoms with Gasteiger partial charge in [-0.3, -0.25) is 0 Å². The standard InChI is InChI=1S/C15H19NO3/c1-18-15(17)10-5-11(19-7-10)6-16-14-12-8-2-3-9(4-8)13(12)14/h5,7-9,12-14,16H,2-4,6H2,1H3. The van der Waals surface area contributed by atoms with Gasteiger partial charge in [-0.2, -0.15) is 0 Å². The van der Waals surface area contributed by atoms with Crippen LogP contribution < -0.4 is 5.32 Å². The van der Waals surface area contributed by atoms with Gasteiger partial charge in [-0.25, -0.2) is 4.79 Å². The molecule has 3 fully saturated rings. The van der Waals surface area contributed by atoms with Gasteiger partial charge >= 0.3 is 5.97 Å². The average molecular weight is 261 g/mol. The van der Waals surface area contributed by atoms with Gasteiger partial charge in [0, 0.05) is 6.04 Å². The lowest BCUT2D eigenvalue weighted by molar-refractivity contribution is 0.0600. The minimum Gasteiger partial charge on any atom is -0.467 e. The molecule has 3 aliphatic rings. The summed E-state index contributed by atoms with van der Waals surface area (Å²) < 4.78 is 10.1. The van der Waals surface area contributed by atoms with Gasteiger partial charge in [0.2, 0.25) is 0 Å². The highest BCUT2D eigenvalue weighted by Gasteiger charge is 2.64. The summed E-state index contributed by atoms with van der Waals surface area (Å²) in [5, 5.41) is 3.60. The molecule has 4 atom stereocenters. The molecule has 0 aromatic carbocycles. The van der Waals surface area contributed by atoms with Gasteiger partial charge in [0.1, 0.15) is 12.0 Å². The van der Waals surface area contributed by atoms with E-state index in [1.807, 2.05) is 0 Å². The van der Waals surface area contributed by atoms with Crippen molar-refractivity contribution in [2.75, 3.05) is 7.11 Å². The first-order valence-corrected chi connectivity index (χ1v) is 7.17. The maximum atomic E-state index is 11.3.